The first kappa shape index (κ1) is 9.68. The average Bonchev–Trinajstić information content (AvgIpc) is 1.87. The van der Waals surface area contributed by atoms with E-state index in [0.29, 0.717) is 5.57 Å². The number of hydrogen-bond acceptors (Lipinski definition) is 2. The summed E-state index contributed by atoms with van der Waals surface area (Å²) in [5.74, 6) is -0.114. The molecule has 0 rings (SSSR count). The zero-order chi connectivity index (χ0) is 8.15. The van der Waals surface area contributed by atoms with Gasteiger partial charge in [-0.15, -0.1) is 0 Å². The molecule has 0 unspecified atom stereocenters. The van der Waals surface area contributed by atoms with Crippen molar-refractivity contribution in [2.45, 2.75) is 6.90 Å². The molecule has 0 atom stereocenters. The predicted octanol–water partition coefficient (Wildman–Crippen LogP) is -2.67. The largest absolute Gasteiger partial charge is 1.00 e. The van der Waals surface area contributed by atoms with Crippen molar-refractivity contribution in [2.75, 3.05) is 14.1 Å². The smallest absolute Gasteiger partial charge is 0.860 e. The van der Waals surface area contributed by atoms with Crippen LogP contribution in [-0.2, 0) is 0 Å². The minimum Gasteiger partial charge on any atom is -0.860 e. The van der Waals surface area contributed by atoms with Crippen molar-refractivity contribution >= 4 is 0 Å². The monoisotopic (exact) mass is 134 g/mol. The number of allylic oxidation sites excluding steroid dienone is 2. The molecule has 52 valence electrons. The third-order valence-corrected chi connectivity index (χ3v) is 0.768. The Labute approximate surface area is 75.8 Å². The molecule has 0 spiro atoms. The maximum absolute atomic E-state index is 10.8. The summed E-state index contributed by atoms with van der Waals surface area (Å²) in [6.07, 6.45) is 1.37. The minimum atomic E-state index is -0.114. The first-order valence-electron chi connectivity index (χ1n) is 3.31. The van der Waals surface area contributed by atoms with E-state index in [4.69, 9.17) is 1.37 Å². The van der Waals surface area contributed by atoms with Gasteiger partial charge in [0.05, 0.1) is 0 Å². The maximum Gasteiger partial charge on any atom is 1.00 e. The molecule has 0 fully saturated rings. The molecule has 0 aromatic carbocycles. The fourth-order valence-electron chi connectivity index (χ4n) is 0.304. The summed E-state index contributed by atoms with van der Waals surface area (Å²) < 4.78 is 6.84. The summed E-state index contributed by atoms with van der Waals surface area (Å²) in [4.78, 5) is 1.45. The van der Waals surface area contributed by atoms with Crippen LogP contribution in [0.3, 0.4) is 0 Å². The van der Waals surface area contributed by atoms with Gasteiger partial charge in [-0.1, -0.05) is 18.2 Å². The molecule has 0 saturated heterocycles. The summed E-state index contributed by atoms with van der Waals surface area (Å²) in [6, 6.07) is 0. The normalized spacial score (nSPS) is 11.4. The van der Waals surface area contributed by atoms with Crippen molar-refractivity contribution in [3.05, 3.63) is 24.1 Å². The van der Waals surface area contributed by atoms with Gasteiger partial charge in [0.15, 0.2) is 0 Å². The fraction of sp³-hybridized carbons (Fsp3) is 0.429. The molecular formula is C7H12LiNO. The fourth-order valence-corrected chi connectivity index (χ4v) is 0.304. The number of rotatable bonds is 2. The van der Waals surface area contributed by atoms with Crippen LogP contribution in [0.4, 0.5) is 0 Å². The molecular weight excluding hydrogens is 121 g/mol. The van der Waals surface area contributed by atoms with Crippen LogP contribution >= 0.6 is 0 Å². The third-order valence-electron chi connectivity index (χ3n) is 0.768. The summed E-state index contributed by atoms with van der Waals surface area (Å²) in [5.41, 5.74) is 0.540. The molecule has 0 N–H and O–H groups in total. The zero-order valence-corrected chi connectivity index (χ0v) is 6.85. The average molecular weight is 134 g/mol. The van der Waals surface area contributed by atoms with Gasteiger partial charge in [-0.2, -0.15) is 0 Å². The van der Waals surface area contributed by atoms with E-state index in [0.717, 1.165) is 0 Å². The molecule has 0 radical (unpaired) electrons. The summed E-state index contributed by atoms with van der Waals surface area (Å²) in [7, 11) is 3.33. The summed E-state index contributed by atoms with van der Waals surface area (Å²) in [6.45, 7) is 3.59. The van der Waals surface area contributed by atoms with Gasteiger partial charge in [-0.25, -0.2) is 0 Å². The molecule has 0 amide bonds. The minimum absolute atomic E-state index is 0. The molecule has 0 aromatic heterocycles. The molecule has 0 saturated carbocycles. The van der Waals surface area contributed by atoms with Crippen LogP contribution in [0.15, 0.2) is 24.1 Å². The standard InChI is InChI=1S/C7H13NO.Li/c1-6(2)5-7(9)8(3)4;/h5,9H,1H2,2-4H3;/q;+1/p-1/b7-5-;/i2D;. The Kier molecular flexibility index (Phi) is 5.29. The van der Waals surface area contributed by atoms with E-state index in [1.54, 1.807) is 14.1 Å². The molecule has 0 aliphatic carbocycles. The number of hydrogen-bond donors (Lipinski definition) is 0. The van der Waals surface area contributed by atoms with Crippen LogP contribution in [0.5, 0.6) is 0 Å². The van der Waals surface area contributed by atoms with Gasteiger partial charge in [0.1, 0.15) is 0 Å². The Morgan fingerprint density at radius 3 is 2.50 bits per heavy atom. The molecule has 0 bridgehead atoms. The van der Waals surface area contributed by atoms with Crippen LogP contribution in [0, 0.1) is 0 Å². The van der Waals surface area contributed by atoms with E-state index in [1.165, 1.54) is 11.0 Å². The van der Waals surface area contributed by atoms with Gasteiger partial charge in [0, 0.05) is 15.5 Å². The number of nitrogens with zero attached hydrogens (tertiary/aromatic N) is 1. The topological polar surface area (TPSA) is 26.3 Å². The van der Waals surface area contributed by atoms with Crippen LogP contribution in [-0.4, -0.2) is 19.0 Å². The Morgan fingerprint density at radius 1 is 1.70 bits per heavy atom. The van der Waals surface area contributed by atoms with Gasteiger partial charge in [-0.3, -0.25) is 0 Å². The van der Waals surface area contributed by atoms with Gasteiger partial charge < -0.3 is 10.0 Å². The Hall–Kier alpha value is -0.323. The first-order chi connectivity index (χ1) is 4.57. The van der Waals surface area contributed by atoms with Crippen molar-refractivity contribution < 1.29 is 25.3 Å². The molecule has 3 heteroatoms. The van der Waals surface area contributed by atoms with E-state index < -0.39 is 0 Å². The summed E-state index contributed by atoms with van der Waals surface area (Å²) >= 11 is 0. The molecule has 0 aliphatic heterocycles. The third kappa shape index (κ3) is 5.81. The Morgan fingerprint density at radius 2 is 2.20 bits per heavy atom. The van der Waals surface area contributed by atoms with Crippen molar-refractivity contribution in [1.29, 1.82) is 0 Å². The van der Waals surface area contributed by atoms with Crippen molar-refractivity contribution in [1.82, 2.24) is 4.90 Å². The van der Waals surface area contributed by atoms with Gasteiger partial charge >= 0.3 is 18.9 Å². The maximum atomic E-state index is 10.8. The van der Waals surface area contributed by atoms with Crippen LogP contribution < -0.4 is 24.0 Å². The van der Waals surface area contributed by atoms with Gasteiger partial charge in [0.2, 0.25) is 0 Å². The van der Waals surface area contributed by atoms with Crippen LogP contribution in [0.2, 0.25) is 0 Å². The van der Waals surface area contributed by atoms with Crippen molar-refractivity contribution in [3.63, 3.8) is 0 Å². The first-order valence-corrected chi connectivity index (χ1v) is 2.61. The van der Waals surface area contributed by atoms with Crippen LogP contribution in [0.25, 0.3) is 0 Å². The van der Waals surface area contributed by atoms with E-state index in [-0.39, 0.29) is 31.6 Å². The molecule has 2 nitrogen and oxygen atoms in total. The molecule has 0 aliphatic rings. The molecule has 0 aromatic rings. The summed E-state index contributed by atoms with van der Waals surface area (Å²) in [5, 5.41) is 10.8. The van der Waals surface area contributed by atoms with Crippen molar-refractivity contribution in [2.24, 2.45) is 0 Å². The van der Waals surface area contributed by atoms with E-state index in [9.17, 15) is 5.11 Å². The SMILES string of the molecule is [2H]CC(=C)/C=C(\[O-])N(C)C.[Li+]. The van der Waals surface area contributed by atoms with Gasteiger partial charge in [0.25, 0.3) is 0 Å². The Bertz CT molecular complexity index is 157. The second-order valence-electron chi connectivity index (χ2n) is 2.04. The van der Waals surface area contributed by atoms with Crippen molar-refractivity contribution in [3.8, 4) is 0 Å². The van der Waals surface area contributed by atoms with E-state index in [1.807, 2.05) is 0 Å². The van der Waals surface area contributed by atoms with Gasteiger partial charge in [-0.05, 0) is 12.8 Å². The quantitative estimate of drug-likeness (QED) is 0.234. The van der Waals surface area contributed by atoms with E-state index >= 15 is 0 Å². The Balaban J connectivity index is 0. The van der Waals surface area contributed by atoms with Crippen LogP contribution in [0.1, 0.15) is 8.27 Å². The second-order valence-corrected chi connectivity index (χ2v) is 2.04. The molecule has 10 heavy (non-hydrogen) atoms. The molecule has 0 heterocycles. The van der Waals surface area contributed by atoms with E-state index in [2.05, 4.69) is 6.58 Å². The second kappa shape index (κ2) is 5.46. The zero-order valence-electron chi connectivity index (χ0n) is 7.85. The predicted molar refractivity (Wildman–Crippen MR) is 36.6 cm³/mol.